The monoisotopic (exact) mass is 302 g/mol. The third-order valence-electron chi connectivity index (χ3n) is 0. The molecule has 0 heterocycles. The van der Waals surface area contributed by atoms with Crippen molar-refractivity contribution in [2.24, 2.45) is 0 Å². The predicted molar refractivity (Wildman–Crippen MR) is 45.7 cm³/mol. The van der Waals surface area contributed by atoms with Crippen molar-refractivity contribution in [3.8, 4) is 0 Å². The van der Waals surface area contributed by atoms with Gasteiger partial charge in [0.2, 0.25) is 0 Å². The smallest absolute Gasteiger partial charge is 0.0187 e. The van der Waals surface area contributed by atoms with Crippen molar-refractivity contribution in [1.82, 2.24) is 6.15 Å². The first kappa shape index (κ1) is 36.1. The average molecular weight is 302 g/mol. The molecular weight excluding hydrogens is 294 g/mol. The van der Waals surface area contributed by atoms with Crippen molar-refractivity contribution in [1.29, 1.82) is 5.41 Å². The molecule has 0 aromatic rings. The van der Waals surface area contributed by atoms with Crippen LogP contribution in [0, 0.1) is 5.41 Å². The van der Waals surface area contributed by atoms with Gasteiger partial charge in [0.15, 0.2) is 0 Å². The zero-order chi connectivity index (χ0) is 2.00. The summed E-state index contributed by atoms with van der Waals surface area (Å²) in [7, 11) is 0. The topological polar surface area (TPSA) is 58.9 Å². The zero-order valence-corrected chi connectivity index (χ0v) is 7.39. The summed E-state index contributed by atoms with van der Waals surface area (Å²) in [4.78, 5) is 0. The molecule has 36 valence electrons. The summed E-state index contributed by atoms with van der Waals surface area (Å²) in [5.74, 6) is 0. The molecule has 0 radical (unpaired) electrons. The van der Waals surface area contributed by atoms with Gasteiger partial charge >= 0.3 is 0 Å². The molecule has 0 fully saturated rings. The van der Waals surface area contributed by atoms with E-state index >= 15 is 0 Å². The lowest BCUT2D eigenvalue weighted by Gasteiger charge is -0.890. The minimum Gasteiger partial charge on any atom is -0.344 e. The van der Waals surface area contributed by atoms with E-state index in [0.29, 0.717) is 0 Å². The van der Waals surface area contributed by atoms with Crippen LogP contribution in [-0.4, -0.2) is 6.72 Å². The molecule has 0 atom stereocenters. The number of nitrogens with one attached hydrogen (secondary N) is 1. The van der Waals surface area contributed by atoms with E-state index in [1.165, 1.54) is 0 Å². The highest BCUT2D eigenvalue weighted by Crippen LogP contribution is 0.887. The van der Waals surface area contributed by atoms with Crippen molar-refractivity contribution in [2.75, 3.05) is 0 Å². The Bertz CT molecular complexity index is 7.61. The fourth-order valence-electron chi connectivity index (χ4n) is 0. The second-order valence-electron chi connectivity index (χ2n) is 0. The first-order valence-electron chi connectivity index (χ1n) is 0.354. The summed E-state index contributed by atoms with van der Waals surface area (Å²) in [6, 6.07) is 0. The van der Waals surface area contributed by atoms with Crippen molar-refractivity contribution in [3.05, 3.63) is 0 Å². The van der Waals surface area contributed by atoms with E-state index in [0.717, 1.165) is 0 Å². The Labute approximate surface area is 65.8 Å². The first-order chi connectivity index (χ1) is 1.00. The molecule has 2 nitrogen and oxygen atoms in total. The first-order valence-corrected chi connectivity index (χ1v) is 0.354. The Morgan fingerprint density at radius 3 is 1.00 bits per heavy atom. The van der Waals surface area contributed by atoms with Crippen LogP contribution in [0.15, 0.2) is 0 Å². The Balaban J connectivity index is -0.00000000167. The third kappa shape index (κ3) is 40.9. The summed E-state index contributed by atoms with van der Waals surface area (Å²) in [6.07, 6.45) is 0. The van der Waals surface area contributed by atoms with Crippen LogP contribution < -0.4 is 6.15 Å². The molecule has 0 bridgehead atoms. The van der Waals surface area contributed by atoms with E-state index in [1.807, 2.05) is 0 Å². The Kier molecular flexibility index (Phi) is 518. The quantitative estimate of drug-likeness (QED) is 0.519. The molecule has 4 N–H and O–H groups in total. The minimum atomic E-state index is 0. The van der Waals surface area contributed by atoms with E-state index in [-0.39, 0.29) is 54.1 Å². The maximum atomic E-state index is 5.50. The van der Waals surface area contributed by atoms with Gasteiger partial charge in [0.05, 0.1) is 0 Å². The lowest BCUT2D eigenvalue weighted by Crippen LogP contribution is -0.827. The Hall–Kier alpha value is 1.09. The van der Waals surface area contributed by atoms with E-state index in [2.05, 4.69) is 6.72 Å². The van der Waals surface area contributed by atoms with Gasteiger partial charge in [0, 0.05) is 0 Å². The summed E-state index contributed by atoms with van der Waals surface area (Å²) >= 11 is 0. The summed E-state index contributed by atoms with van der Waals surface area (Å²) in [5, 5.41) is 5.50. The molecule has 0 aromatic heterocycles. The molecule has 0 aromatic carbocycles. The molecule has 5 heavy (non-hydrogen) atoms. The van der Waals surface area contributed by atoms with Crippen LogP contribution in [0.25, 0.3) is 0 Å². The van der Waals surface area contributed by atoms with Gasteiger partial charge in [-0.3, -0.25) is 0 Å². The Morgan fingerprint density at radius 2 is 1.00 bits per heavy atom. The number of rotatable bonds is 0. The van der Waals surface area contributed by atoms with Crippen LogP contribution >= 0.6 is 48.0 Å². The van der Waals surface area contributed by atoms with Crippen LogP contribution in [0.4, 0.5) is 0 Å². The normalized spacial score (nSPS) is 0.800. The van der Waals surface area contributed by atoms with Crippen molar-refractivity contribution >= 4 is 54.7 Å². The second kappa shape index (κ2) is 71.7. The fraction of sp³-hybridized carbons (Fsp3) is 0. The largest absolute Gasteiger partial charge is 0.344 e. The molecule has 0 rings (SSSR count). The van der Waals surface area contributed by atoms with Crippen LogP contribution in [0.5, 0.6) is 0 Å². The predicted octanol–water partition coefficient (Wildman–Crippen LogP) is 1.66. The van der Waals surface area contributed by atoms with Gasteiger partial charge in [0.1, 0.15) is 0 Å². The molecule has 0 amide bonds. The minimum absolute atomic E-state index is 0. The van der Waals surface area contributed by atoms with Crippen molar-refractivity contribution < 1.29 is 0 Å². The molecule has 0 saturated carbocycles. The maximum absolute atomic E-state index is 5.50. The van der Waals surface area contributed by atoms with Crippen molar-refractivity contribution in [3.63, 3.8) is 0 Å². The fourth-order valence-corrected chi connectivity index (χ4v) is 0. The molecule has 4 heteroatoms. The lowest BCUT2D eigenvalue weighted by molar-refractivity contribution is 1.61. The van der Waals surface area contributed by atoms with Gasteiger partial charge in [-0.1, -0.05) is 0 Å². The van der Waals surface area contributed by atoms with Gasteiger partial charge in [-0.15, -0.1) is 48.0 Å². The summed E-state index contributed by atoms with van der Waals surface area (Å²) in [6.45, 7) is 2.50. The number of hydrogen-bond donors (Lipinski definition) is 2. The highest BCUT2D eigenvalue weighted by Gasteiger charge is 0.555. The maximum Gasteiger partial charge on any atom is -0.0187 e. The molecule has 0 aliphatic heterocycles. The highest BCUT2D eigenvalue weighted by molar-refractivity contribution is 14.0. The Morgan fingerprint density at radius 1 is 1.00 bits per heavy atom. The number of halogens is 2. The summed E-state index contributed by atoms with van der Waals surface area (Å²) < 4.78 is 0. The van der Waals surface area contributed by atoms with Gasteiger partial charge in [0.25, 0.3) is 0 Å². The molecule has 0 aliphatic rings. The molecule has 0 saturated heterocycles. The average Bonchev–Trinajstić information content (AvgIpc) is 1.00. The van der Waals surface area contributed by atoms with Crippen LogP contribution in [0.3, 0.4) is 0 Å². The van der Waals surface area contributed by atoms with E-state index in [1.54, 1.807) is 0 Å². The van der Waals surface area contributed by atoms with Gasteiger partial charge in [-0.25, -0.2) is 0 Å². The van der Waals surface area contributed by atoms with E-state index in [4.69, 9.17) is 5.41 Å². The number of hydrogen-bond acceptors (Lipinski definition) is 2. The molecule has 0 spiro atoms. The second-order valence-corrected chi connectivity index (χ2v) is 0. The van der Waals surface area contributed by atoms with Gasteiger partial charge in [-0.2, -0.15) is 0 Å². The molecule has 0 aliphatic carbocycles. The SMILES string of the molecule is C=N.I.I.N. The van der Waals surface area contributed by atoms with Gasteiger partial charge < -0.3 is 11.6 Å². The summed E-state index contributed by atoms with van der Waals surface area (Å²) in [5.41, 5.74) is 0. The highest BCUT2D eigenvalue weighted by atomic mass is 127. The molecular formula is CH8I2N2. The van der Waals surface area contributed by atoms with Crippen LogP contribution in [0.2, 0.25) is 0 Å². The zero-order valence-electron chi connectivity index (χ0n) is 2.73. The van der Waals surface area contributed by atoms with Crippen LogP contribution in [-0.2, 0) is 0 Å². The third-order valence-corrected chi connectivity index (χ3v) is 0. The van der Waals surface area contributed by atoms with Crippen molar-refractivity contribution in [2.45, 2.75) is 0 Å². The van der Waals surface area contributed by atoms with E-state index < -0.39 is 0 Å². The van der Waals surface area contributed by atoms with E-state index in [9.17, 15) is 0 Å². The molecule has 0 unspecified atom stereocenters. The van der Waals surface area contributed by atoms with Gasteiger partial charge in [-0.05, 0) is 6.72 Å². The lowest BCUT2D eigenvalue weighted by atomic mass is 11.8. The standard InChI is InChI=1S/CH3N.2HI.H3N/c1-2;;;/h2H,1H2;2*1H;1H3. The van der Waals surface area contributed by atoms with Crippen LogP contribution in [0.1, 0.15) is 0 Å².